The van der Waals surface area contributed by atoms with Gasteiger partial charge in [0.25, 0.3) is 0 Å². The first-order valence-corrected chi connectivity index (χ1v) is 6.65. The van der Waals surface area contributed by atoms with Crippen LogP contribution < -0.4 is 5.32 Å². The van der Waals surface area contributed by atoms with Crippen LogP contribution in [0.1, 0.15) is 27.2 Å². The summed E-state index contributed by atoms with van der Waals surface area (Å²) in [6.07, 6.45) is 0.991. The van der Waals surface area contributed by atoms with Crippen LogP contribution in [-0.4, -0.2) is 50.0 Å². The number of ether oxygens (including phenoxy) is 2. The van der Waals surface area contributed by atoms with Gasteiger partial charge in [0.05, 0.1) is 18.5 Å². The highest BCUT2D eigenvalue weighted by Crippen LogP contribution is 1.94. The van der Waals surface area contributed by atoms with Crippen molar-refractivity contribution < 1.29 is 14.3 Å². The fraction of sp³-hybridized carbons (Fsp3) is 0.917. The van der Waals surface area contributed by atoms with E-state index in [0.29, 0.717) is 19.3 Å². The SMILES string of the molecule is CC(C)NCCCOCCOCC(=O)C(C)S. The molecule has 0 saturated carbocycles. The van der Waals surface area contributed by atoms with Gasteiger partial charge in [-0.3, -0.25) is 4.79 Å². The standard InChI is InChI=1S/C12H25NO3S/c1-10(2)13-5-4-6-15-7-8-16-9-12(14)11(3)17/h10-11,13,17H,4-9H2,1-3H3. The molecule has 1 N–H and O–H groups in total. The van der Waals surface area contributed by atoms with Crippen LogP contribution in [0.15, 0.2) is 0 Å². The molecule has 1 unspecified atom stereocenters. The van der Waals surface area contributed by atoms with Crippen molar-refractivity contribution in [1.82, 2.24) is 5.32 Å². The summed E-state index contributed by atoms with van der Waals surface area (Å²) in [5.41, 5.74) is 0. The largest absolute Gasteiger partial charge is 0.379 e. The van der Waals surface area contributed by atoms with E-state index in [0.717, 1.165) is 19.6 Å². The summed E-state index contributed by atoms with van der Waals surface area (Å²) < 4.78 is 10.5. The van der Waals surface area contributed by atoms with Gasteiger partial charge >= 0.3 is 0 Å². The van der Waals surface area contributed by atoms with Gasteiger partial charge in [-0.05, 0) is 19.9 Å². The Kier molecular flexibility index (Phi) is 11.0. The van der Waals surface area contributed by atoms with Crippen LogP contribution in [-0.2, 0) is 14.3 Å². The summed E-state index contributed by atoms with van der Waals surface area (Å²) in [6.45, 7) is 8.80. The molecule has 5 heteroatoms. The molecule has 0 saturated heterocycles. The topological polar surface area (TPSA) is 47.6 Å². The van der Waals surface area contributed by atoms with Crippen molar-refractivity contribution in [2.24, 2.45) is 0 Å². The van der Waals surface area contributed by atoms with Crippen molar-refractivity contribution in [1.29, 1.82) is 0 Å². The minimum atomic E-state index is -0.252. The maximum Gasteiger partial charge on any atom is 0.170 e. The maximum atomic E-state index is 11.1. The molecule has 0 radical (unpaired) electrons. The van der Waals surface area contributed by atoms with Crippen molar-refractivity contribution in [3.05, 3.63) is 0 Å². The predicted molar refractivity (Wildman–Crippen MR) is 72.8 cm³/mol. The van der Waals surface area contributed by atoms with Gasteiger partial charge in [-0.25, -0.2) is 0 Å². The average Bonchev–Trinajstić information content (AvgIpc) is 2.25. The number of carbonyl (C=O) groups is 1. The predicted octanol–water partition coefficient (Wildman–Crippen LogP) is 1.30. The minimum Gasteiger partial charge on any atom is -0.379 e. The monoisotopic (exact) mass is 263 g/mol. The molecular weight excluding hydrogens is 238 g/mol. The van der Waals surface area contributed by atoms with E-state index in [4.69, 9.17) is 9.47 Å². The van der Waals surface area contributed by atoms with Crippen LogP contribution in [0.3, 0.4) is 0 Å². The lowest BCUT2D eigenvalue weighted by molar-refractivity contribution is -0.123. The van der Waals surface area contributed by atoms with Crippen molar-refractivity contribution in [2.75, 3.05) is 33.0 Å². The second kappa shape index (κ2) is 11.0. The molecule has 4 nitrogen and oxygen atoms in total. The van der Waals surface area contributed by atoms with Crippen LogP contribution in [0.4, 0.5) is 0 Å². The summed E-state index contributed by atoms with van der Waals surface area (Å²) in [7, 11) is 0. The van der Waals surface area contributed by atoms with Crippen LogP contribution >= 0.6 is 12.6 Å². The zero-order valence-corrected chi connectivity index (χ0v) is 12.0. The third-order valence-electron chi connectivity index (χ3n) is 2.10. The van der Waals surface area contributed by atoms with Gasteiger partial charge < -0.3 is 14.8 Å². The van der Waals surface area contributed by atoms with E-state index in [9.17, 15) is 4.79 Å². The molecule has 0 aromatic carbocycles. The van der Waals surface area contributed by atoms with Crippen LogP contribution in [0.25, 0.3) is 0 Å². The average molecular weight is 263 g/mol. The summed E-state index contributed by atoms with van der Waals surface area (Å²) in [5, 5.41) is 3.06. The Morgan fingerprint density at radius 3 is 2.41 bits per heavy atom. The number of rotatable bonds is 11. The summed E-state index contributed by atoms with van der Waals surface area (Å²) in [5.74, 6) is 0.00877. The second-order valence-electron chi connectivity index (χ2n) is 4.27. The third-order valence-corrected chi connectivity index (χ3v) is 2.39. The normalized spacial score (nSPS) is 13.0. The smallest absolute Gasteiger partial charge is 0.170 e. The first kappa shape index (κ1) is 16.9. The lowest BCUT2D eigenvalue weighted by Gasteiger charge is -2.08. The molecule has 1 atom stereocenters. The van der Waals surface area contributed by atoms with Gasteiger partial charge in [-0.15, -0.1) is 0 Å². The molecular formula is C12H25NO3S. The van der Waals surface area contributed by atoms with Gasteiger partial charge in [0.2, 0.25) is 0 Å². The molecule has 0 bridgehead atoms. The molecule has 0 aliphatic carbocycles. The van der Waals surface area contributed by atoms with Crippen molar-refractivity contribution in [3.63, 3.8) is 0 Å². The number of ketones is 1. The third kappa shape index (κ3) is 12.2. The summed E-state index contributed by atoms with van der Waals surface area (Å²) >= 11 is 4.02. The van der Waals surface area contributed by atoms with E-state index in [1.54, 1.807) is 6.92 Å². The number of hydrogen-bond donors (Lipinski definition) is 2. The fourth-order valence-corrected chi connectivity index (χ4v) is 1.15. The Hall–Kier alpha value is -0.100. The molecule has 0 rings (SSSR count). The Bertz CT molecular complexity index is 198. The Morgan fingerprint density at radius 1 is 1.18 bits per heavy atom. The molecule has 0 aliphatic rings. The maximum absolute atomic E-state index is 11.1. The van der Waals surface area contributed by atoms with Gasteiger partial charge in [-0.1, -0.05) is 13.8 Å². The van der Waals surface area contributed by atoms with Gasteiger partial charge in [0.15, 0.2) is 5.78 Å². The molecule has 17 heavy (non-hydrogen) atoms. The van der Waals surface area contributed by atoms with Gasteiger partial charge in [0.1, 0.15) is 6.61 Å². The van der Waals surface area contributed by atoms with E-state index in [1.807, 2.05) is 0 Å². The molecule has 0 aliphatic heterocycles. The summed E-state index contributed by atoms with van der Waals surface area (Å²) in [4.78, 5) is 11.1. The molecule has 0 heterocycles. The molecule has 0 aromatic heterocycles. The molecule has 0 amide bonds. The minimum absolute atomic E-state index is 0.00877. The van der Waals surface area contributed by atoms with Crippen molar-refractivity contribution in [2.45, 2.75) is 38.5 Å². The van der Waals surface area contributed by atoms with Gasteiger partial charge in [0, 0.05) is 12.6 Å². The van der Waals surface area contributed by atoms with E-state index >= 15 is 0 Å². The second-order valence-corrected chi connectivity index (χ2v) is 5.04. The number of thiol groups is 1. The zero-order chi connectivity index (χ0) is 13.1. The highest BCUT2D eigenvalue weighted by Gasteiger charge is 2.06. The lowest BCUT2D eigenvalue weighted by Crippen LogP contribution is -2.24. The molecule has 0 spiro atoms. The van der Waals surface area contributed by atoms with E-state index in [2.05, 4.69) is 31.8 Å². The Balaban J connectivity index is 3.11. The number of Topliss-reactive ketones (excluding diaryl/α,β-unsaturated/α-hetero) is 1. The van der Waals surface area contributed by atoms with E-state index < -0.39 is 0 Å². The van der Waals surface area contributed by atoms with Crippen LogP contribution in [0.5, 0.6) is 0 Å². The van der Waals surface area contributed by atoms with Crippen molar-refractivity contribution >= 4 is 18.4 Å². The highest BCUT2D eigenvalue weighted by molar-refractivity contribution is 7.81. The first-order valence-electron chi connectivity index (χ1n) is 6.13. The van der Waals surface area contributed by atoms with Crippen LogP contribution in [0, 0.1) is 0 Å². The lowest BCUT2D eigenvalue weighted by atomic mass is 10.3. The van der Waals surface area contributed by atoms with E-state index in [-0.39, 0.29) is 17.6 Å². The molecule has 102 valence electrons. The van der Waals surface area contributed by atoms with Crippen LogP contribution in [0.2, 0.25) is 0 Å². The highest BCUT2D eigenvalue weighted by atomic mass is 32.1. The number of carbonyl (C=O) groups excluding carboxylic acids is 1. The Morgan fingerprint density at radius 2 is 1.82 bits per heavy atom. The van der Waals surface area contributed by atoms with E-state index in [1.165, 1.54) is 0 Å². The molecule has 0 aromatic rings. The Labute approximate surface area is 110 Å². The molecule has 0 fully saturated rings. The summed E-state index contributed by atoms with van der Waals surface area (Å²) in [6, 6.07) is 0.521. The number of nitrogens with one attached hydrogen (secondary N) is 1. The zero-order valence-electron chi connectivity index (χ0n) is 11.1. The first-order chi connectivity index (χ1) is 8.04. The quantitative estimate of drug-likeness (QED) is 0.436. The number of hydrogen-bond acceptors (Lipinski definition) is 5. The van der Waals surface area contributed by atoms with Crippen molar-refractivity contribution in [3.8, 4) is 0 Å². The van der Waals surface area contributed by atoms with Gasteiger partial charge in [-0.2, -0.15) is 12.6 Å². The fourth-order valence-electron chi connectivity index (χ4n) is 1.08.